The summed E-state index contributed by atoms with van der Waals surface area (Å²) in [6, 6.07) is 23.5. The highest BCUT2D eigenvalue weighted by molar-refractivity contribution is 5.84. The van der Waals surface area contributed by atoms with Gasteiger partial charge in [0, 0.05) is 59.3 Å². The zero-order valence-corrected chi connectivity index (χ0v) is 34.7. The van der Waals surface area contributed by atoms with Crippen LogP contribution < -0.4 is 25.3 Å². The van der Waals surface area contributed by atoms with Crippen LogP contribution >= 0.6 is 0 Å². The molecule has 5 aromatic rings. The van der Waals surface area contributed by atoms with Gasteiger partial charge in [-0.15, -0.1) is 0 Å². The SMILES string of the molecule is CCNc1ccccc1CC[C@H]1c2ccc(N)nc2C#CCc2cc(O)c(OC)cc2[C@H]2Oc3c(ccc4c3[C@@]3(CC[C@H]1C3)Cc1cc(O)cc(OCO)c1-4)[C@@H]2COC(C)=O. The number of para-hydroxylation sites is 1. The number of nitrogen functional groups attached to an aromatic ring is 1. The van der Waals surface area contributed by atoms with Crippen molar-refractivity contribution in [3.8, 4) is 51.7 Å². The molecule has 4 bridgehead atoms. The molecule has 1 saturated carbocycles. The van der Waals surface area contributed by atoms with Crippen LogP contribution in [0.2, 0.25) is 0 Å². The van der Waals surface area contributed by atoms with E-state index in [1.807, 2.05) is 18.2 Å². The molecule has 2 aliphatic heterocycles. The summed E-state index contributed by atoms with van der Waals surface area (Å²) in [7, 11) is 1.51. The van der Waals surface area contributed by atoms with Crippen LogP contribution in [-0.4, -0.2) is 53.3 Å². The molecule has 314 valence electrons. The number of hydrogen-bond acceptors (Lipinski definition) is 11. The predicted molar refractivity (Wildman–Crippen MR) is 232 cm³/mol. The van der Waals surface area contributed by atoms with Gasteiger partial charge in [0.15, 0.2) is 18.3 Å². The number of fused-ring (bicyclic) bond motifs is 7. The number of pyridine rings is 1. The number of benzene rings is 4. The number of nitrogens with one attached hydrogen (secondary N) is 1. The first-order chi connectivity index (χ1) is 29.6. The summed E-state index contributed by atoms with van der Waals surface area (Å²) in [4.78, 5) is 17.3. The molecule has 1 aromatic heterocycles. The number of nitrogens with two attached hydrogens (primary N) is 1. The van der Waals surface area contributed by atoms with E-state index in [0.29, 0.717) is 23.7 Å². The monoisotopic (exact) mass is 821 g/mol. The number of rotatable bonds is 10. The summed E-state index contributed by atoms with van der Waals surface area (Å²) in [6.45, 7) is 3.83. The second kappa shape index (κ2) is 16.2. The maximum atomic E-state index is 12.4. The summed E-state index contributed by atoms with van der Waals surface area (Å²) >= 11 is 0. The number of phenolic OH excluding ortho intramolecular Hbond substituents is 2. The number of aromatic hydroxyl groups is 2. The molecule has 1 spiro atoms. The van der Waals surface area contributed by atoms with Gasteiger partial charge in [0.1, 0.15) is 41.5 Å². The van der Waals surface area contributed by atoms with Crippen molar-refractivity contribution in [2.75, 3.05) is 38.1 Å². The molecule has 9 rings (SSSR count). The average molecular weight is 822 g/mol. The number of carbonyl (C=O) groups is 1. The fourth-order valence-electron chi connectivity index (χ4n) is 10.8. The Bertz CT molecular complexity index is 2600. The Morgan fingerprint density at radius 1 is 1.02 bits per heavy atom. The van der Waals surface area contributed by atoms with E-state index in [1.54, 1.807) is 18.2 Å². The molecule has 5 atom stereocenters. The number of ether oxygens (including phenoxy) is 4. The van der Waals surface area contributed by atoms with Crippen LogP contribution in [-0.2, 0) is 34.2 Å². The van der Waals surface area contributed by atoms with Gasteiger partial charge in [-0.25, -0.2) is 4.98 Å². The highest BCUT2D eigenvalue weighted by atomic mass is 16.6. The van der Waals surface area contributed by atoms with E-state index in [4.69, 9.17) is 29.7 Å². The number of phenols is 2. The Morgan fingerprint density at radius 3 is 2.66 bits per heavy atom. The maximum absolute atomic E-state index is 12.4. The molecule has 0 unspecified atom stereocenters. The number of aryl methyl sites for hydroxylation is 1. The highest BCUT2D eigenvalue weighted by Gasteiger charge is 2.52. The molecule has 11 nitrogen and oxygen atoms in total. The highest BCUT2D eigenvalue weighted by Crippen LogP contribution is 2.63. The molecular formula is C50H51N3O8. The van der Waals surface area contributed by atoms with Crippen LogP contribution in [0.1, 0.15) is 102 Å². The Labute approximate surface area is 355 Å². The number of aliphatic hydroxyl groups is 1. The van der Waals surface area contributed by atoms with Crippen molar-refractivity contribution in [3.05, 3.63) is 117 Å². The first-order valence-corrected chi connectivity index (χ1v) is 21.2. The van der Waals surface area contributed by atoms with Crippen molar-refractivity contribution < 1.29 is 39.1 Å². The summed E-state index contributed by atoms with van der Waals surface area (Å²) < 4.78 is 24.6. The van der Waals surface area contributed by atoms with Gasteiger partial charge in [-0.2, -0.15) is 0 Å². The van der Waals surface area contributed by atoms with Crippen LogP contribution in [0.15, 0.2) is 72.8 Å². The molecule has 11 heteroatoms. The molecule has 0 radical (unpaired) electrons. The Kier molecular flexibility index (Phi) is 10.7. The quantitative estimate of drug-likeness (QED) is 0.0524. The van der Waals surface area contributed by atoms with Gasteiger partial charge < -0.3 is 45.3 Å². The molecule has 3 heterocycles. The molecular weight excluding hydrogens is 771 g/mol. The first kappa shape index (κ1) is 40.0. The third-order valence-electron chi connectivity index (χ3n) is 13.3. The zero-order chi connectivity index (χ0) is 42.4. The van der Waals surface area contributed by atoms with Gasteiger partial charge in [-0.3, -0.25) is 4.79 Å². The van der Waals surface area contributed by atoms with E-state index < -0.39 is 30.2 Å². The topological polar surface area (TPSA) is 166 Å². The standard InChI is InChI=1S/C50H51N3O8/c1-4-52-40-10-6-5-8-29(40)12-13-34-31-18-19-50(24-31)25-32-20-33(56)22-44(60-27-54)46(32)37-15-14-36-39(26-59-28(2)55)48(61-49(36)47(37)50)38-23-43(58-3)42(57)21-30(38)9-7-11-41-35(34)16-17-45(51)53-41/h5-6,8,10,14-17,20-23,31,34,39,48,52,54,56-57H,4,9,12-13,18-19,24-27H2,1-3H3,(H2,51,53)/t31-,34+,39-,48+,50+/m0/s1. The van der Waals surface area contributed by atoms with Crippen molar-refractivity contribution in [2.45, 2.75) is 82.1 Å². The van der Waals surface area contributed by atoms with E-state index in [2.05, 4.69) is 60.5 Å². The fourth-order valence-corrected chi connectivity index (χ4v) is 10.8. The van der Waals surface area contributed by atoms with Crippen molar-refractivity contribution in [3.63, 3.8) is 0 Å². The van der Waals surface area contributed by atoms with E-state index >= 15 is 0 Å². The lowest BCUT2D eigenvalue weighted by molar-refractivity contribution is -0.141. The van der Waals surface area contributed by atoms with Crippen LogP contribution in [0, 0.1) is 17.8 Å². The minimum atomic E-state index is -0.633. The van der Waals surface area contributed by atoms with Gasteiger partial charge in [0.2, 0.25) is 0 Å². The van der Waals surface area contributed by atoms with Gasteiger partial charge >= 0.3 is 5.97 Å². The summed E-state index contributed by atoms with van der Waals surface area (Å²) in [5.74, 6) is 8.10. The second-order valence-electron chi connectivity index (χ2n) is 16.8. The number of anilines is 2. The Morgan fingerprint density at radius 2 is 1.85 bits per heavy atom. The van der Waals surface area contributed by atoms with Gasteiger partial charge in [0.25, 0.3) is 0 Å². The number of carbonyl (C=O) groups excluding carboxylic acids is 1. The van der Waals surface area contributed by atoms with Gasteiger partial charge in [0.05, 0.1) is 13.0 Å². The largest absolute Gasteiger partial charge is 0.508 e. The lowest BCUT2D eigenvalue weighted by Crippen LogP contribution is -2.31. The van der Waals surface area contributed by atoms with E-state index in [-0.39, 0.29) is 42.1 Å². The van der Waals surface area contributed by atoms with Crippen LogP contribution in [0.3, 0.4) is 0 Å². The smallest absolute Gasteiger partial charge is 0.302 e. The van der Waals surface area contributed by atoms with Gasteiger partial charge in [-0.1, -0.05) is 42.3 Å². The molecule has 0 saturated heterocycles. The van der Waals surface area contributed by atoms with Crippen LogP contribution in [0.5, 0.6) is 28.7 Å². The number of aliphatic hydroxyl groups excluding tert-OH is 1. The van der Waals surface area contributed by atoms with E-state index in [1.165, 1.54) is 19.6 Å². The Balaban J connectivity index is 1.29. The minimum Gasteiger partial charge on any atom is -0.508 e. The van der Waals surface area contributed by atoms with Crippen molar-refractivity contribution in [2.24, 2.45) is 5.92 Å². The average Bonchev–Trinajstić information content (AvgIpc) is 3.82. The number of esters is 1. The zero-order valence-electron chi connectivity index (χ0n) is 34.7. The van der Waals surface area contributed by atoms with Crippen LogP contribution in [0.4, 0.5) is 11.5 Å². The third-order valence-corrected chi connectivity index (χ3v) is 13.3. The minimum absolute atomic E-state index is 0.0291. The molecule has 6 N–H and O–H groups in total. The fraction of sp³-hybridized carbons (Fsp3) is 0.360. The normalized spacial score (nSPS) is 21.6. The lowest BCUT2D eigenvalue weighted by atomic mass is 9.64. The van der Waals surface area contributed by atoms with Crippen molar-refractivity contribution >= 4 is 17.5 Å². The first-order valence-electron chi connectivity index (χ1n) is 21.2. The maximum Gasteiger partial charge on any atom is 0.302 e. The van der Waals surface area contributed by atoms with Crippen LogP contribution in [0.25, 0.3) is 11.1 Å². The second-order valence-corrected chi connectivity index (χ2v) is 16.8. The summed E-state index contributed by atoms with van der Waals surface area (Å²) in [5.41, 5.74) is 16.1. The van der Waals surface area contributed by atoms with Crippen molar-refractivity contribution in [1.82, 2.24) is 4.98 Å². The molecule has 4 aromatic carbocycles. The van der Waals surface area contributed by atoms with Gasteiger partial charge in [-0.05, 0) is 121 Å². The number of nitrogens with zero attached hydrogens (tertiary/aromatic N) is 1. The predicted octanol–water partition coefficient (Wildman–Crippen LogP) is 8.21. The summed E-state index contributed by atoms with van der Waals surface area (Å²) in [5, 5.41) is 35.8. The van der Waals surface area contributed by atoms with E-state index in [0.717, 1.165) is 94.6 Å². The number of hydrogen-bond donors (Lipinski definition) is 5. The summed E-state index contributed by atoms with van der Waals surface area (Å²) in [6.07, 6.45) is 4.44. The van der Waals surface area contributed by atoms with E-state index in [9.17, 15) is 20.1 Å². The number of methoxy groups -OCH3 is 1. The van der Waals surface area contributed by atoms with Crippen molar-refractivity contribution in [1.29, 1.82) is 0 Å². The molecule has 2 aliphatic carbocycles. The lowest BCUT2D eigenvalue weighted by Gasteiger charge is -2.40. The Hall–Kier alpha value is -6.38. The third kappa shape index (κ3) is 7.23. The molecule has 61 heavy (non-hydrogen) atoms. The molecule has 1 fully saturated rings. The molecule has 4 aliphatic rings. The molecule has 0 amide bonds. The number of aromatic nitrogens is 1.